The normalized spacial score (nSPS) is 10.4. The number of amides is 2. The van der Waals surface area contributed by atoms with Gasteiger partial charge in [0.15, 0.2) is 0 Å². The van der Waals surface area contributed by atoms with Crippen molar-refractivity contribution < 1.29 is 9.59 Å². The second-order valence-electron chi connectivity index (χ2n) is 5.55. The van der Waals surface area contributed by atoms with Crippen LogP contribution in [0.2, 0.25) is 5.02 Å². The van der Waals surface area contributed by atoms with Gasteiger partial charge in [0.05, 0.1) is 5.02 Å². The minimum atomic E-state index is -0.406. The van der Waals surface area contributed by atoms with Gasteiger partial charge in [-0.25, -0.2) is 0 Å². The molecule has 0 saturated heterocycles. The van der Waals surface area contributed by atoms with Crippen molar-refractivity contribution in [3.8, 4) is 0 Å². The van der Waals surface area contributed by atoms with E-state index in [0.717, 1.165) is 10.5 Å². The molecule has 0 unspecified atom stereocenters. The number of carbonyl (C=O) groups is 2. The maximum absolute atomic E-state index is 12.6. The van der Waals surface area contributed by atoms with Crippen LogP contribution in [-0.4, -0.2) is 29.0 Å². The minimum Gasteiger partial charge on any atom is -0.370 e. The van der Waals surface area contributed by atoms with Crippen molar-refractivity contribution in [1.29, 1.82) is 0 Å². The van der Waals surface area contributed by atoms with Crippen LogP contribution in [0.1, 0.15) is 18.4 Å². The molecule has 0 aromatic heterocycles. The van der Waals surface area contributed by atoms with Crippen molar-refractivity contribution in [2.24, 2.45) is 5.73 Å². The number of nitrogens with two attached hydrogens (primary N) is 1. The van der Waals surface area contributed by atoms with Gasteiger partial charge in [-0.2, -0.15) is 0 Å². The first-order valence-electron chi connectivity index (χ1n) is 8.03. The zero-order chi connectivity index (χ0) is 18.1. The maximum atomic E-state index is 12.6. The fraction of sp³-hybridized carbons (Fsp3) is 0.263. The molecule has 25 heavy (non-hydrogen) atoms. The standard InChI is InChI=1S/C19H21ClN2O2S/c20-16-8-4-5-9-17(16)25-13-11-19(24)22(12-10-18(21)23)14-15-6-2-1-3-7-15/h1-9H,10-14H2,(H2,21,23). The third-order valence-corrected chi connectivity index (χ3v) is 5.12. The van der Waals surface area contributed by atoms with Crippen molar-refractivity contribution in [1.82, 2.24) is 4.90 Å². The van der Waals surface area contributed by atoms with E-state index in [9.17, 15) is 9.59 Å². The van der Waals surface area contributed by atoms with E-state index in [0.29, 0.717) is 30.3 Å². The van der Waals surface area contributed by atoms with Crippen molar-refractivity contribution in [3.05, 3.63) is 65.2 Å². The van der Waals surface area contributed by atoms with Gasteiger partial charge in [0.25, 0.3) is 0 Å². The van der Waals surface area contributed by atoms with Crippen LogP contribution in [0.5, 0.6) is 0 Å². The Morgan fingerprint density at radius 1 is 1.00 bits per heavy atom. The lowest BCUT2D eigenvalue weighted by Crippen LogP contribution is -2.33. The number of benzene rings is 2. The molecule has 2 amide bonds. The Kier molecular flexibility index (Phi) is 7.82. The zero-order valence-corrected chi connectivity index (χ0v) is 15.4. The molecule has 0 spiro atoms. The van der Waals surface area contributed by atoms with E-state index in [2.05, 4.69) is 0 Å². The molecule has 2 N–H and O–H groups in total. The Balaban J connectivity index is 1.92. The number of rotatable bonds is 9. The van der Waals surface area contributed by atoms with Crippen LogP contribution < -0.4 is 5.73 Å². The predicted molar refractivity (Wildman–Crippen MR) is 102 cm³/mol. The molecule has 0 saturated carbocycles. The Morgan fingerprint density at radius 2 is 1.68 bits per heavy atom. The summed E-state index contributed by atoms with van der Waals surface area (Å²) in [5.41, 5.74) is 6.26. The third kappa shape index (κ3) is 6.80. The van der Waals surface area contributed by atoms with Crippen LogP contribution in [0.3, 0.4) is 0 Å². The summed E-state index contributed by atoms with van der Waals surface area (Å²) < 4.78 is 0. The third-order valence-electron chi connectivity index (χ3n) is 3.61. The lowest BCUT2D eigenvalue weighted by molar-refractivity contribution is -0.131. The van der Waals surface area contributed by atoms with Crippen LogP contribution in [0.15, 0.2) is 59.5 Å². The smallest absolute Gasteiger partial charge is 0.223 e. The molecule has 132 valence electrons. The van der Waals surface area contributed by atoms with E-state index in [1.807, 2.05) is 54.6 Å². The van der Waals surface area contributed by atoms with E-state index in [1.54, 1.807) is 16.7 Å². The maximum Gasteiger partial charge on any atom is 0.223 e. The first-order chi connectivity index (χ1) is 12.1. The zero-order valence-electron chi connectivity index (χ0n) is 13.9. The van der Waals surface area contributed by atoms with Crippen LogP contribution in [0.4, 0.5) is 0 Å². The van der Waals surface area contributed by atoms with Crippen molar-refractivity contribution in [2.45, 2.75) is 24.3 Å². The summed E-state index contributed by atoms with van der Waals surface area (Å²) in [7, 11) is 0. The van der Waals surface area contributed by atoms with Crippen LogP contribution >= 0.6 is 23.4 Å². The number of nitrogens with zero attached hydrogens (tertiary/aromatic N) is 1. The summed E-state index contributed by atoms with van der Waals surface area (Å²) in [6.07, 6.45) is 0.539. The van der Waals surface area contributed by atoms with Crippen LogP contribution in [0, 0.1) is 0 Å². The Hall–Kier alpha value is -1.98. The van der Waals surface area contributed by atoms with Gasteiger partial charge in [0.1, 0.15) is 0 Å². The molecule has 2 aromatic rings. The lowest BCUT2D eigenvalue weighted by Gasteiger charge is -2.22. The summed E-state index contributed by atoms with van der Waals surface area (Å²) >= 11 is 7.68. The predicted octanol–water partition coefficient (Wildman–Crippen LogP) is 3.73. The molecule has 0 heterocycles. The van der Waals surface area contributed by atoms with Crippen LogP contribution in [0.25, 0.3) is 0 Å². The molecule has 0 aliphatic rings. The molecule has 0 bridgehead atoms. The van der Waals surface area contributed by atoms with Gasteiger partial charge in [0.2, 0.25) is 11.8 Å². The summed E-state index contributed by atoms with van der Waals surface area (Å²) in [5, 5.41) is 0.690. The van der Waals surface area contributed by atoms with Gasteiger partial charge in [-0.05, 0) is 17.7 Å². The molecule has 0 aliphatic carbocycles. The minimum absolute atomic E-state index is 0.00431. The van der Waals surface area contributed by atoms with Gasteiger partial charge in [-0.3, -0.25) is 9.59 Å². The topological polar surface area (TPSA) is 63.4 Å². The van der Waals surface area contributed by atoms with E-state index >= 15 is 0 Å². The number of hydrogen-bond donors (Lipinski definition) is 1. The molecule has 6 heteroatoms. The summed E-state index contributed by atoms with van der Waals surface area (Å²) in [5.74, 6) is 0.228. The second kappa shape index (κ2) is 10.1. The number of thioether (sulfide) groups is 1. The summed E-state index contributed by atoms with van der Waals surface area (Å²) in [6, 6.07) is 17.3. The fourth-order valence-corrected chi connectivity index (χ4v) is 3.49. The Morgan fingerprint density at radius 3 is 2.36 bits per heavy atom. The average Bonchev–Trinajstić information content (AvgIpc) is 2.61. The van der Waals surface area contributed by atoms with Crippen LogP contribution in [-0.2, 0) is 16.1 Å². The fourth-order valence-electron chi connectivity index (χ4n) is 2.31. The number of primary amides is 1. The number of halogens is 1. The van der Waals surface area contributed by atoms with Crippen molar-refractivity contribution in [2.75, 3.05) is 12.3 Å². The SMILES string of the molecule is NC(=O)CCN(Cc1ccccc1)C(=O)CCSc1ccccc1Cl. The van der Waals surface area contributed by atoms with Gasteiger partial charge >= 0.3 is 0 Å². The molecule has 2 aromatic carbocycles. The lowest BCUT2D eigenvalue weighted by atomic mass is 10.2. The van der Waals surface area contributed by atoms with Gasteiger partial charge in [-0.15, -0.1) is 11.8 Å². The monoisotopic (exact) mass is 376 g/mol. The highest BCUT2D eigenvalue weighted by Gasteiger charge is 2.15. The van der Waals surface area contributed by atoms with Crippen molar-refractivity contribution >= 4 is 35.2 Å². The number of hydrogen-bond acceptors (Lipinski definition) is 3. The molecule has 2 rings (SSSR count). The van der Waals surface area contributed by atoms with Gasteiger partial charge < -0.3 is 10.6 Å². The van der Waals surface area contributed by atoms with Gasteiger partial charge in [-0.1, -0.05) is 54.1 Å². The average molecular weight is 377 g/mol. The highest BCUT2D eigenvalue weighted by Crippen LogP contribution is 2.27. The van der Waals surface area contributed by atoms with E-state index < -0.39 is 5.91 Å². The number of carbonyl (C=O) groups excluding carboxylic acids is 2. The summed E-state index contributed by atoms with van der Waals surface area (Å²) in [6.45, 7) is 0.809. The molecule has 0 atom stereocenters. The van der Waals surface area contributed by atoms with Gasteiger partial charge in [0, 0.05) is 36.6 Å². The molecule has 0 fully saturated rings. The molecule has 0 radical (unpaired) electrons. The van der Waals surface area contributed by atoms with E-state index in [1.165, 1.54) is 0 Å². The van der Waals surface area contributed by atoms with Crippen molar-refractivity contribution in [3.63, 3.8) is 0 Å². The quantitative estimate of drug-likeness (QED) is 0.678. The first-order valence-corrected chi connectivity index (χ1v) is 9.40. The molecule has 4 nitrogen and oxygen atoms in total. The molecular formula is C19H21ClN2O2S. The first kappa shape index (κ1) is 19.3. The van der Waals surface area contributed by atoms with E-state index in [4.69, 9.17) is 17.3 Å². The highest BCUT2D eigenvalue weighted by molar-refractivity contribution is 7.99. The largest absolute Gasteiger partial charge is 0.370 e. The second-order valence-corrected chi connectivity index (χ2v) is 7.09. The Labute approximate surface area is 157 Å². The van der Waals surface area contributed by atoms with E-state index in [-0.39, 0.29) is 12.3 Å². The molecule has 0 aliphatic heterocycles. The Bertz CT molecular complexity index is 710. The highest BCUT2D eigenvalue weighted by atomic mass is 35.5. The summed E-state index contributed by atoms with van der Waals surface area (Å²) in [4.78, 5) is 26.3. The molecular weight excluding hydrogens is 356 g/mol.